The van der Waals surface area contributed by atoms with Crippen LogP contribution in [0.5, 0.6) is 0 Å². The number of hydrogen-bond acceptors (Lipinski definition) is 3. The molecule has 0 aliphatic carbocycles. The second-order valence-corrected chi connectivity index (χ2v) is 4.41. The van der Waals surface area contributed by atoms with Crippen LogP contribution in [0.4, 0.5) is 5.69 Å². The lowest BCUT2D eigenvalue weighted by Gasteiger charge is -2.01. The molecule has 0 radical (unpaired) electrons. The molecule has 0 fully saturated rings. The molecule has 1 heterocycles. The molecule has 20 heavy (non-hydrogen) atoms. The van der Waals surface area contributed by atoms with Gasteiger partial charge in [0.25, 0.3) is 0 Å². The maximum absolute atomic E-state index is 11.8. The molecule has 0 aliphatic rings. The van der Waals surface area contributed by atoms with E-state index in [1.54, 1.807) is 18.2 Å². The summed E-state index contributed by atoms with van der Waals surface area (Å²) in [6, 6.07) is 7.16. The average Bonchev–Trinajstić information content (AvgIpc) is 2.71. The van der Waals surface area contributed by atoms with Crippen molar-refractivity contribution in [2.75, 3.05) is 12.3 Å². The number of fused-ring (bicyclic) bond motifs is 1. The van der Waals surface area contributed by atoms with E-state index < -0.39 is 0 Å². The quantitative estimate of drug-likeness (QED) is 0.606. The van der Waals surface area contributed by atoms with Gasteiger partial charge in [-0.25, -0.2) is 0 Å². The fourth-order valence-electron chi connectivity index (χ4n) is 1.97. The van der Waals surface area contributed by atoms with Crippen LogP contribution in [0.1, 0.15) is 24.3 Å². The molecule has 0 saturated heterocycles. The Bertz CT molecular complexity index is 748. The van der Waals surface area contributed by atoms with Crippen molar-refractivity contribution in [2.24, 2.45) is 0 Å². The van der Waals surface area contributed by atoms with Gasteiger partial charge in [-0.05, 0) is 30.2 Å². The van der Waals surface area contributed by atoms with E-state index in [2.05, 4.69) is 17.2 Å². The SMILES string of the molecule is CC(=O)NCC#Cc1cc2cc(N)ccc2n1C(C)=O. The Hall–Kier alpha value is -2.74. The lowest BCUT2D eigenvalue weighted by Crippen LogP contribution is -2.19. The first-order chi connectivity index (χ1) is 9.49. The van der Waals surface area contributed by atoms with Crippen LogP contribution in [0.3, 0.4) is 0 Å². The van der Waals surface area contributed by atoms with Gasteiger partial charge < -0.3 is 11.1 Å². The Balaban J connectivity index is 2.44. The second kappa shape index (κ2) is 5.49. The van der Waals surface area contributed by atoms with Crippen LogP contribution in [0.2, 0.25) is 0 Å². The average molecular weight is 269 g/mol. The van der Waals surface area contributed by atoms with E-state index in [1.165, 1.54) is 18.4 Å². The van der Waals surface area contributed by atoms with Crippen LogP contribution < -0.4 is 11.1 Å². The minimum absolute atomic E-state index is 0.117. The predicted octanol–water partition coefficient (Wildman–Crippen LogP) is 1.37. The largest absolute Gasteiger partial charge is 0.399 e. The van der Waals surface area contributed by atoms with Gasteiger partial charge >= 0.3 is 0 Å². The molecule has 0 aliphatic heterocycles. The fourth-order valence-corrected chi connectivity index (χ4v) is 1.97. The minimum Gasteiger partial charge on any atom is -0.399 e. The van der Waals surface area contributed by atoms with Gasteiger partial charge in [-0.1, -0.05) is 5.92 Å². The number of amides is 1. The highest BCUT2D eigenvalue weighted by Crippen LogP contribution is 2.21. The van der Waals surface area contributed by atoms with Crippen molar-refractivity contribution in [3.05, 3.63) is 30.0 Å². The molecule has 102 valence electrons. The molecule has 0 bridgehead atoms. The van der Waals surface area contributed by atoms with Crippen molar-refractivity contribution >= 4 is 28.4 Å². The number of nitrogens with one attached hydrogen (secondary N) is 1. The fraction of sp³-hybridized carbons (Fsp3) is 0.200. The van der Waals surface area contributed by atoms with Crippen LogP contribution >= 0.6 is 0 Å². The minimum atomic E-state index is -0.140. The van der Waals surface area contributed by atoms with Crippen molar-refractivity contribution in [2.45, 2.75) is 13.8 Å². The zero-order chi connectivity index (χ0) is 14.7. The Morgan fingerprint density at radius 1 is 1.30 bits per heavy atom. The first-order valence-electron chi connectivity index (χ1n) is 6.14. The number of anilines is 1. The van der Waals surface area contributed by atoms with E-state index in [1.807, 2.05) is 6.07 Å². The lowest BCUT2D eigenvalue weighted by atomic mass is 10.2. The van der Waals surface area contributed by atoms with Crippen molar-refractivity contribution in [3.8, 4) is 11.8 Å². The molecule has 5 heteroatoms. The third-order valence-electron chi connectivity index (χ3n) is 2.78. The summed E-state index contributed by atoms with van der Waals surface area (Å²) in [5.74, 6) is 5.46. The highest BCUT2D eigenvalue weighted by molar-refractivity contribution is 5.95. The van der Waals surface area contributed by atoms with Crippen LogP contribution in [-0.4, -0.2) is 22.9 Å². The number of nitrogens with zero attached hydrogens (tertiary/aromatic N) is 1. The smallest absolute Gasteiger partial charge is 0.228 e. The maximum atomic E-state index is 11.8. The van der Waals surface area contributed by atoms with Gasteiger partial charge in [0, 0.05) is 24.9 Å². The molecule has 1 amide bonds. The Labute approximate surface area is 116 Å². The standard InChI is InChI=1S/C15H15N3O2/c1-10(19)17-7-3-4-14-9-12-8-13(16)5-6-15(12)18(14)11(2)20/h5-6,8-9H,7,16H2,1-2H3,(H,17,19). The molecule has 0 spiro atoms. The summed E-state index contributed by atoms with van der Waals surface area (Å²) in [4.78, 5) is 22.5. The first kappa shape index (κ1) is 13.7. The molecule has 0 atom stereocenters. The topological polar surface area (TPSA) is 77.1 Å². The van der Waals surface area contributed by atoms with Gasteiger partial charge in [0.15, 0.2) is 0 Å². The lowest BCUT2D eigenvalue weighted by molar-refractivity contribution is -0.118. The summed E-state index contributed by atoms with van der Waals surface area (Å²) in [5.41, 5.74) is 7.73. The molecule has 2 aromatic rings. The van der Waals surface area contributed by atoms with Crippen molar-refractivity contribution in [3.63, 3.8) is 0 Å². The van der Waals surface area contributed by atoms with E-state index in [0.717, 1.165) is 10.9 Å². The van der Waals surface area contributed by atoms with Crippen molar-refractivity contribution < 1.29 is 9.59 Å². The Kier molecular flexibility index (Phi) is 3.76. The maximum Gasteiger partial charge on any atom is 0.228 e. The van der Waals surface area contributed by atoms with E-state index in [0.29, 0.717) is 11.4 Å². The number of carbonyl (C=O) groups excluding carboxylic acids is 2. The zero-order valence-corrected chi connectivity index (χ0v) is 11.4. The molecule has 3 N–H and O–H groups in total. The zero-order valence-electron chi connectivity index (χ0n) is 11.4. The van der Waals surface area contributed by atoms with Crippen molar-refractivity contribution in [1.82, 2.24) is 9.88 Å². The van der Waals surface area contributed by atoms with Crippen LogP contribution in [-0.2, 0) is 4.79 Å². The first-order valence-corrected chi connectivity index (χ1v) is 6.14. The predicted molar refractivity (Wildman–Crippen MR) is 78.2 cm³/mol. The van der Waals surface area contributed by atoms with Gasteiger partial charge in [-0.2, -0.15) is 0 Å². The molecular formula is C15H15N3O2. The van der Waals surface area contributed by atoms with E-state index in [9.17, 15) is 9.59 Å². The second-order valence-electron chi connectivity index (χ2n) is 4.41. The highest BCUT2D eigenvalue weighted by atomic mass is 16.2. The summed E-state index contributed by atoms with van der Waals surface area (Å²) in [6.45, 7) is 3.16. The molecule has 2 rings (SSSR count). The molecule has 1 aromatic heterocycles. The molecule has 0 unspecified atom stereocenters. The Morgan fingerprint density at radius 2 is 2.05 bits per heavy atom. The number of rotatable bonds is 1. The van der Waals surface area contributed by atoms with Gasteiger partial charge in [0.1, 0.15) is 5.69 Å². The molecule has 1 aromatic carbocycles. The van der Waals surface area contributed by atoms with Gasteiger partial charge in [0.2, 0.25) is 11.8 Å². The third-order valence-corrected chi connectivity index (χ3v) is 2.78. The highest BCUT2D eigenvalue weighted by Gasteiger charge is 2.10. The normalized spacial score (nSPS) is 9.90. The number of nitrogens with two attached hydrogens (primary N) is 1. The number of hydrogen-bond donors (Lipinski definition) is 2. The van der Waals surface area contributed by atoms with Crippen LogP contribution in [0.15, 0.2) is 24.3 Å². The van der Waals surface area contributed by atoms with Crippen LogP contribution in [0, 0.1) is 11.8 Å². The third kappa shape index (κ3) is 2.81. The summed E-state index contributed by atoms with van der Waals surface area (Å²) >= 11 is 0. The molecular weight excluding hydrogens is 254 g/mol. The summed E-state index contributed by atoms with van der Waals surface area (Å²) < 4.78 is 1.54. The van der Waals surface area contributed by atoms with E-state index in [-0.39, 0.29) is 18.4 Å². The number of nitrogen functional groups attached to an aromatic ring is 1. The van der Waals surface area contributed by atoms with Gasteiger partial charge in [0.05, 0.1) is 12.1 Å². The van der Waals surface area contributed by atoms with E-state index in [4.69, 9.17) is 5.73 Å². The van der Waals surface area contributed by atoms with Gasteiger partial charge in [-0.15, -0.1) is 0 Å². The van der Waals surface area contributed by atoms with Crippen molar-refractivity contribution in [1.29, 1.82) is 0 Å². The van der Waals surface area contributed by atoms with E-state index >= 15 is 0 Å². The number of benzene rings is 1. The summed E-state index contributed by atoms with van der Waals surface area (Å²) in [5, 5.41) is 3.45. The molecule has 0 saturated carbocycles. The summed E-state index contributed by atoms with van der Waals surface area (Å²) in [6.07, 6.45) is 0. The number of carbonyl (C=O) groups is 2. The number of aromatic nitrogens is 1. The Morgan fingerprint density at radius 3 is 2.70 bits per heavy atom. The van der Waals surface area contributed by atoms with Gasteiger partial charge in [-0.3, -0.25) is 14.2 Å². The monoisotopic (exact) mass is 269 g/mol. The summed E-state index contributed by atoms with van der Waals surface area (Å²) in [7, 11) is 0. The molecule has 5 nitrogen and oxygen atoms in total. The van der Waals surface area contributed by atoms with Crippen LogP contribution in [0.25, 0.3) is 10.9 Å².